The number of methoxy groups -OCH3 is 1. The van der Waals surface area contributed by atoms with Crippen LogP contribution in [0.3, 0.4) is 0 Å². The molecule has 0 radical (unpaired) electrons. The average Bonchev–Trinajstić information content (AvgIpc) is 2.84. The summed E-state index contributed by atoms with van der Waals surface area (Å²) >= 11 is 0. The van der Waals surface area contributed by atoms with Crippen molar-refractivity contribution >= 4 is 13.3 Å². The molecule has 0 bridgehead atoms. The van der Waals surface area contributed by atoms with Crippen LogP contribution in [0.1, 0.15) is 75.6 Å². The molecule has 2 aromatic rings. The summed E-state index contributed by atoms with van der Waals surface area (Å²) in [6, 6.07) is 17.6. The molecule has 2 aliphatic rings. The van der Waals surface area contributed by atoms with Crippen LogP contribution in [0.4, 0.5) is 5.69 Å². The quantitative estimate of drug-likeness (QED) is 0.391. The highest BCUT2D eigenvalue weighted by atomic mass is 31.2. The predicted octanol–water partition coefficient (Wildman–Crippen LogP) is 7.70. The van der Waals surface area contributed by atoms with E-state index in [0.717, 1.165) is 62.6 Å². The Bertz CT molecular complexity index is 854. The summed E-state index contributed by atoms with van der Waals surface area (Å²) in [5, 5.41) is 3.50. The minimum Gasteiger partial charge on any atom is -0.496 e. The van der Waals surface area contributed by atoms with Crippen LogP contribution in [0.5, 0.6) is 5.75 Å². The van der Waals surface area contributed by atoms with E-state index in [9.17, 15) is 4.57 Å². The van der Waals surface area contributed by atoms with E-state index in [-0.39, 0.29) is 12.2 Å². The molecule has 1 atom stereocenters. The van der Waals surface area contributed by atoms with Crippen LogP contribution < -0.4 is 10.1 Å². The molecule has 2 fully saturated rings. The van der Waals surface area contributed by atoms with Crippen LogP contribution in [0, 0.1) is 0 Å². The van der Waals surface area contributed by atoms with Gasteiger partial charge in [0.05, 0.1) is 19.3 Å². The zero-order chi connectivity index (χ0) is 22.2. The van der Waals surface area contributed by atoms with Crippen LogP contribution in [-0.4, -0.2) is 19.3 Å². The molecule has 6 heteroatoms. The van der Waals surface area contributed by atoms with Gasteiger partial charge in [0.25, 0.3) is 0 Å². The molecule has 0 amide bonds. The van der Waals surface area contributed by atoms with Crippen molar-refractivity contribution in [3.8, 4) is 5.75 Å². The maximum Gasteiger partial charge on any atom is 0.357 e. The first kappa shape index (κ1) is 23.4. The van der Waals surface area contributed by atoms with Gasteiger partial charge >= 0.3 is 7.60 Å². The highest BCUT2D eigenvalue weighted by Gasteiger charge is 2.43. The lowest BCUT2D eigenvalue weighted by atomic mass is 9.98. The lowest BCUT2D eigenvalue weighted by Gasteiger charge is -2.36. The second kappa shape index (κ2) is 11.4. The van der Waals surface area contributed by atoms with Gasteiger partial charge in [-0.3, -0.25) is 4.57 Å². The third kappa shape index (κ3) is 5.95. The lowest BCUT2D eigenvalue weighted by molar-refractivity contribution is 0.0757. The summed E-state index contributed by atoms with van der Waals surface area (Å²) in [5.74, 6) is 0.0329. The van der Waals surface area contributed by atoms with Gasteiger partial charge in [-0.05, 0) is 43.9 Å². The molecule has 2 aromatic carbocycles. The van der Waals surface area contributed by atoms with Crippen LogP contribution in [-0.2, 0) is 13.6 Å². The lowest BCUT2D eigenvalue weighted by Crippen LogP contribution is -2.25. The molecule has 0 aromatic heterocycles. The van der Waals surface area contributed by atoms with Gasteiger partial charge in [0.1, 0.15) is 5.75 Å². The Balaban J connectivity index is 1.72. The first-order chi connectivity index (χ1) is 15.7. The van der Waals surface area contributed by atoms with Crippen molar-refractivity contribution in [3.63, 3.8) is 0 Å². The average molecular weight is 458 g/mol. The van der Waals surface area contributed by atoms with Crippen molar-refractivity contribution in [3.05, 3.63) is 60.2 Å². The standard InChI is InChI=1S/C26H36NO4P/c1-29-25-20-12-11-19-24(25)26(27-21-13-5-2-6-14-21)32(28,30-22-15-7-3-8-16-22)31-23-17-9-4-10-18-23/h2,5-6,11-14,19-20,22-23,26-27H,3-4,7-10,15-18H2,1H3/t26-/m1/s1. The van der Waals surface area contributed by atoms with E-state index in [1.165, 1.54) is 12.8 Å². The van der Waals surface area contributed by atoms with E-state index < -0.39 is 13.4 Å². The summed E-state index contributed by atoms with van der Waals surface area (Å²) in [4.78, 5) is 0. The first-order valence-electron chi connectivity index (χ1n) is 12.1. The van der Waals surface area contributed by atoms with E-state index >= 15 is 0 Å². The molecule has 2 aliphatic carbocycles. The molecule has 0 aliphatic heterocycles. The molecule has 4 rings (SSSR count). The van der Waals surface area contributed by atoms with E-state index in [4.69, 9.17) is 13.8 Å². The van der Waals surface area contributed by atoms with Crippen molar-refractivity contribution in [2.45, 2.75) is 82.2 Å². The number of para-hydroxylation sites is 2. The summed E-state index contributed by atoms with van der Waals surface area (Å²) in [6.07, 6.45) is 10.5. The highest BCUT2D eigenvalue weighted by molar-refractivity contribution is 7.54. The van der Waals surface area contributed by atoms with Gasteiger partial charge < -0.3 is 19.1 Å². The molecular weight excluding hydrogens is 421 g/mol. The molecule has 2 saturated carbocycles. The normalized spacial score (nSPS) is 19.4. The van der Waals surface area contributed by atoms with Crippen molar-refractivity contribution in [2.75, 3.05) is 12.4 Å². The van der Waals surface area contributed by atoms with Gasteiger partial charge in [-0.15, -0.1) is 0 Å². The molecule has 0 saturated heterocycles. The number of hydrogen-bond donors (Lipinski definition) is 1. The van der Waals surface area contributed by atoms with E-state index in [1.807, 2.05) is 54.6 Å². The molecule has 0 spiro atoms. The van der Waals surface area contributed by atoms with E-state index in [0.29, 0.717) is 5.75 Å². The zero-order valence-electron chi connectivity index (χ0n) is 19.1. The summed E-state index contributed by atoms with van der Waals surface area (Å²) in [5.41, 5.74) is 1.68. The third-order valence-corrected chi connectivity index (χ3v) is 8.75. The zero-order valence-corrected chi connectivity index (χ0v) is 20.0. The molecular formula is C26H36NO4P. The van der Waals surface area contributed by atoms with Crippen molar-refractivity contribution in [2.24, 2.45) is 0 Å². The number of hydrogen-bond acceptors (Lipinski definition) is 5. The Morgan fingerprint density at radius 2 is 1.31 bits per heavy atom. The second-order valence-corrected chi connectivity index (χ2v) is 10.9. The molecule has 174 valence electrons. The predicted molar refractivity (Wildman–Crippen MR) is 129 cm³/mol. The minimum absolute atomic E-state index is 0.0343. The topological polar surface area (TPSA) is 56.8 Å². The van der Waals surface area contributed by atoms with Gasteiger partial charge in [0, 0.05) is 11.3 Å². The Morgan fingerprint density at radius 1 is 0.781 bits per heavy atom. The molecule has 0 unspecified atom stereocenters. The van der Waals surface area contributed by atoms with Gasteiger partial charge in [0.15, 0.2) is 5.78 Å². The van der Waals surface area contributed by atoms with Crippen LogP contribution in [0.15, 0.2) is 54.6 Å². The number of benzene rings is 2. The molecule has 1 N–H and O–H groups in total. The smallest absolute Gasteiger partial charge is 0.357 e. The van der Waals surface area contributed by atoms with E-state index in [2.05, 4.69) is 5.32 Å². The van der Waals surface area contributed by atoms with Crippen LogP contribution in [0.25, 0.3) is 0 Å². The Morgan fingerprint density at radius 3 is 1.88 bits per heavy atom. The molecule has 0 heterocycles. The fraction of sp³-hybridized carbons (Fsp3) is 0.538. The van der Waals surface area contributed by atoms with Crippen molar-refractivity contribution < 1.29 is 18.3 Å². The number of rotatable bonds is 9. The number of anilines is 1. The summed E-state index contributed by atoms with van der Waals surface area (Å²) in [6.45, 7) is 0. The van der Waals surface area contributed by atoms with Crippen molar-refractivity contribution in [1.82, 2.24) is 0 Å². The first-order valence-corrected chi connectivity index (χ1v) is 13.7. The monoisotopic (exact) mass is 457 g/mol. The molecule has 32 heavy (non-hydrogen) atoms. The second-order valence-electron chi connectivity index (χ2n) is 8.93. The van der Waals surface area contributed by atoms with Crippen molar-refractivity contribution in [1.29, 1.82) is 0 Å². The summed E-state index contributed by atoms with van der Waals surface area (Å²) < 4.78 is 33.4. The van der Waals surface area contributed by atoms with Crippen LogP contribution in [0.2, 0.25) is 0 Å². The van der Waals surface area contributed by atoms with Gasteiger partial charge in [-0.1, -0.05) is 74.9 Å². The Kier molecular flexibility index (Phi) is 8.29. The Hall–Kier alpha value is -1.81. The summed E-state index contributed by atoms with van der Waals surface area (Å²) in [7, 11) is -1.94. The maximum atomic E-state index is 14.8. The van der Waals surface area contributed by atoms with Gasteiger partial charge in [0.2, 0.25) is 0 Å². The number of ether oxygens (including phenoxy) is 1. The number of nitrogens with one attached hydrogen (secondary N) is 1. The maximum absolute atomic E-state index is 14.8. The minimum atomic E-state index is -3.59. The van der Waals surface area contributed by atoms with Crippen LogP contribution >= 0.6 is 7.60 Å². The third-order valence-electron chi connectivity index (χ3n) is 6.52. The largest absolute Gasteiger partial charge is 0.496 e. The Labute approximate surface area is 192 Å². The fourth-order valence-corrected chi connectivity index (χ4v) is 7.22. The SMILES string of the molecule is COc1ccccc1[C@H](Nc1ccccc1)P(=O)(OC1CCCCC1)OC1CCCCC1. The van der Waals surface area contributed by atoms with Gasteiger partial charge in [-0.25, -0.2) is 0 Å². The molecule has 5 nitrogen and oxygen atoms in total. The highest BCUT2D eigenvalue weighted by Crippen LogP contribution is 2.64. The fourth-order valence-electron chi connectivity index (χ4n) is 4.81. The van der Waals surface area contributed by atoms with Gasteiger partial charge in [-0.2, -0.15) is 0 Å². The van der Waals surface area contributed by atoms with E-state index in [1.54, 1.807) is 7.11 Å².